The fourth-order valence-corrected chi connectivity index (χ4v) is 3.29. The van der Waals surface area contributed by atoms with Crippen LogP contribution in [0.2, 0.25) is 15.1 Å². The highest BCUT2D eigenvalue weighted by atomic mass is 79.9. The molecule has 0 aliphatic rings. The van der Waals surface area contributed by atoms with Crippen LogP contribution >= 0.6 is 50.7 Å². The molecule has 0 aliphatic carbocycles. The van der Waals surface area contributed by atoms with E-state index in [2.05, 4.69) is 31.3 Å². The van der Waals surface area contributed by atoms with Crippen molar-refractivity contribution in [3.63, 3.8) is 0 Å². The topological polar surface area (TPSA) is 83.6 Å². The van der Waals surface area contributed by atoms with Crippen molar-refractivity contribution >= 4 is 62.3 Å². The van der Waals surface area contributed by atoms with Gasteiger partial charge in [-0.05, 0) is 40.2 Å². The van der Waals surface area contributed by atoms with Gasteiger partial charge < -0.3 is 5.32 Å². The number of hydrogen-bond donors (Lipinski definition) is 1. The summed E-state index contributed by atoms with van der Waals surface area (Å²) in [6.45, 7) is 0. The Labute approximate surface area is 171 Å². The van der Waals surface area contributed by atoms with Gasteiger partial charge in [0.05, 0.1) is 21.3 Å². The molecule has 1 amide bonds. The number of aromatic nitrogens is 3. The van der Waals surface area contributed by atoms with E-state index in [1.165, 1.54) is 29.1 Å². The standard InChI is InChI=1S/C16H7BrCl3N5O/c17-13-6-12(25(24-13)15-10(19)2-1-3-22-15)16(26)23-14-8(7-21)4-9(18)5-11(14)20/h1-6H,(H,23,26). The summed E-state index contributed by atoms with van der Waals surface area (Å²) in [6.07, 6.45) is 1.53. The number of anilines is 1. The number of carbonyl (C=O) groups excluding carboxylic acids is 1. The van der Waals surface area contributed by atoms with Crippen LogP contribution in [0.15, 0.2) is 41.1 Å². The molecule has 2 aromatic heterocycles. The SMILES string of the molecule is N#Cc1cc(Cl)cc(Cl)c1NC(=O)c1cc(Br)nn1-c1ncccc1Cl. The molecule has 0 fully saturated rings. The Balaban J connectivity index is 2.04. The fourth-order valence-electron chi connectivity index (χ4n) is 2.18. The number of rotatable bonds is 3. The van der Waals surface area contributed by atoms with Gasteiger partial charge in [0.1, 0.15) is 16.4 Å². The molecule has 3 rings (SSSR count). The van der Waals surface area contributed by atoms with Crippen LogP contribution in [0.3, 0.4) is 0 Å². The third kappa shape index (κ3) is 3.69. The van der Waals surface area contributed by atoms with Crippen molar-refractivity contribution in [2.24, 2.45) is 0 Å². The molecule has 0 spiro atoms. The van der Waals surface area contributed by atoms with Crippen molar-refractivity contribution in [1.29, 1.82) is 5.26 Å². The van der Waals surface area contributed by atoms with Crippen LogP contribution in [-0.4, -0.2) is 20.7 Å². The molecule has 0 aliphatic heterocycles. The Hall–Kier alpha value is -2.11. The zero-order valence-electron chi connectivity index (χ0n) is 12.7. The molecule has 6 nitrogen and oxygen atoms in total. The zero-order chi connectivity index (χ0) is 18.8. The lowest BCUT2D eigenvalue weighted by molar-refractivity contribution is 0.101. The van der Waals surface area contributed by atoms with E-state index in [0.717, 1.165) is 0 Å². The van der Waals surface area contributed by atoms with Gasteiger partial charge in [-0.15, -0.1) is 0 Å². The highest BCUT2D eigenvalue weighted by Crippen LogP contribution is 2.30. The molecular formula is C16H7BrCl3N5O. The monoisotopic (exact) mass is 469 g/mol. The predicted octanol–water partition coefficient (Wildman–Crippen LogP) is 5.11. The van der Waals surface area contributed by atoms with Gasteiger partial charge in [0, 0.05) is 17.3 Å². The lowest BCUT2D eigenvalue weighted by atomic mass is 10.2. The minimum absolute atomic E-state index is 0.136. The molecule has 1 aromatic carbocycles. The van der Waals surface area contributed by atoms with Gasteiger partial charge >= 0.3 is 0 Å². The number of amides is 1. The molecule has 0 atom stereocenters. The molecule has 2 heterocycles. The van der Waals surface area contributed by atoms with Crippen LogP contribution < -0.4 is 5.32 Å². The maximum atomic E-state index is 12.8. The second-order valence-corrected chi connectivity index (χ2v) is 7.01. The quantitative estimate of drug-likeness (QED) is 0.575. The number of nitrogens with zero attached hydrogens (tertiary/aromatic N) is 4. The van der Waals surface area contributed by atoms with E-state index in [1.807, 2.05) is 6.07 Å². The minimum Gasteiger partial charge on any atom is -0.318 e. The molecular weight excluding hydrogens is 464 g/mol. The Morgan fingerprint density at radius 3 is 2.69 bits per heavy atom. The first kappa shape index (κ1) is 18.7. The van der Waals surface area contributed by atoms with Crippen LogP contribution in [0.1, 0.15) is 16.1 Å². The van der Waals surface area contributed by atoms with Crippen molar-refractivity contribution in [2.45, 2.75) is 0 Å². The van der Waals surface area contributed by atoms with Crippen molar-refractivity contribution in [1.82, 2.24) is 14.8 Å². The van der Waals surface area contributed by atoms with Crippen LogP contribution in [0, 0.1) is 11.3 Å². The van der Waals surface area contributed by atoms with Crippen LogP contribution in [0.5, 0.6) is 0 Å². The molecule has 3 aromatic rings. The first-order chi connectivity index (χ1) is 12.4. The Kier molecular flexibility index (Phi) is 5.49. The van der Waals surface area contributed by atoms with E-state index in [1.54, 1.807) is 12.1 Å². The van der Waals surface area contributed by atoms with Gasteiger partial charge in [-0.1, -0.05) is 34.8 Å². The second-order valence-electron chi connectivity index (χ2n) is 4.95. The van der Waals surface area contributed by atoms with Gasteiger partial charge in [-0.3, -0.25) is 4.79 Å². The summed E-state index contributed by atoms with van der Waals surface area (Å²) < 4.78 is 1.70. The molecule has 0 saturated heterocycles. The van der Waals surface area contributed by atoms with Gasteiger partial charge in [-0.25, -0.2) is 9.67 Å². The summed E-state index contributed by atoms with van der Waals surface area (Å²) >= 11 is 21.4. The van der Waals surface area contributed by atoms with Gasteiger partial charge in [0.15, 0.2) is 5.82 Å². The fraction of sp³-hybridized carbons (Fsp3) is 0. The van der Waals surface area contributed by atoms with Gasteiger partial charge in [-0.2, -0.15) is 10.4 Å². The zero-order valence-corrected chi connectivity index (χ0v) is 16.5. The van der Waals surface area contributed by atoms with Crippen molar-refractivity contribution in [2.75, 3.05) is 5.32 Å². The van der Waals surface area contributed by atoms with E-state index in [-0.39, 0.29) is 32.8 Å². The van der Waals surface area contributed by atoms with Gasteiger partial charge in [0.2, 0.25) is 0 Å². The van der Waals surface area contributed by atoms with Crippen molar-refractivity contribution < 1.29 is 4.79 Å². The van der Waals surface area contributed by atoms with E-state index >= 15 is 0 Å². The smallest absolute Gasteiger partial charge is 0.274 e. The number of carbonyl (C=O) groups is 1. The third-order valence-corrected chi connectivity index (χ3v) is 4.46. The van der Waals surface area contributed by atoms with Crippen LogP contribution in [-0.2, 0) is 0 Å². The molecule has 1 N–H and O–H groups in total. The highest BCUT2D eigenvalue weighted by Gasteiger charge is 2.21. The number of benzene rings is 1. The molecule has 10 heteroatoms. The molecule has 26 heavy (non-hydrogen) atoms. The first-order valence-corrected chi connectivity index (χ1v) is 8.90. The number of nitriles is 1. The van der Waals surface area contributed by atoms with Crippen molar-refractivity contribution in [3.8, 4) is 11.9 Å². The maximum absolute atomic E-state index is 12.8. The molecule has 0 radical (unpaired) electrons. The largest absolute Gasteiger partial charge is 0.318 e. The average Bonchev–Trinajstić information content (AvgIpc) is 2.99. The summed E-state index contributed by atoms with van der Waals surface area (Å²) in [7, 11) is 0. The highest BCUT2D eigenvalue weighted by molar-refractivity contribution is 9.10. The van der Waals surface area contributed by atoms with E-state index in [0.29, 0.717) is 9.63 Å². The minimum atomic E-state index is -0.550. The van der Waals surface area contributed by atoms with Crippen molar-refractivity contribution in [3.05, 3.63) is 67.5 Å². The molecule has 0 unspecified atom stereocenters. The summed E-state index contributed by atoms with van der Waals surface area (Å²) in [5.41, 5.74) is 0.434. The number of hydrogen-bond acceptors (Lipinski definition) is 4. The maximum Gasteiger partial charge on any atom is 0.274 e. The Bertz CT molecular complexity index is 1060. The first-order valence-electron chi connectivity index (χ1n) is 6.97. The van der Waals surface area contributed by atoms with Gasteiger partial charge in [0.25, 0.3) is 5.91 Å². The summed E-state index contributed by atoms with van der Waals surface area (Å²) in [5, 5.41) is 16.8. The normalized spacial score (nSPS) is 10.4. The molecule has 0 saturated carbocycles. The van der Waals surface area contributed by atoms with E-state index in [9.17, 15) is 10.1 Å². The summed E-state index contributed by atoms with van der Waals surface area (Å²) in [4.78, 5) is 16.9. The van der Waals surface area contributed by atoms with Crippen LogP contribution in [0.25, 0.3) is 5.82 Å². The van der Waals surface area contributed by atoms with Crippen LogP contribution in [0.4, 0.5) is 5.69 Å². The second kappa shape index (κ2) is 7.64. The van der Waals surface area contributed by atoms with E-state index < -0.39 is 5.91 Å². The molecule has 0 bridgehead atoms. The lowest BCUT2D eigenvalue weighted by Gasteiger charge is -2.11. The third-order valence-electron chi connectivity index (χ3n) is 3.27. The van der Waals surface area contributed by atoms with E-state index in [4.69, 9.17) is 34.8 Å². The number of pyridine rings is 1. The summed E-state index contributed by atoms with van der Waals surface area (Å²) in [5.74, 6) is -0.265. The Morgan fingerprint density at radius 2 is 2.00 bits per heavy atom. The number of nitrogens with one attached hydrogen (secondary N) is 1. The Morgan fingerprint density at radius 1 is 1.23 bits per heavy atom. The predicted molar refractivity (Wildman–Crippen MR) is 103 cm³/mol. The average molecular weight is 472 g/mol. The summed E-state index contributed by atoms with van der Waals surface area (Å²) in [6, 6.07) is 9.58. The number of halogens is 4. The lowest BCUT2D eigenvalue weighted by Crippen LogP contribution is -2.18. The molecule has 130 valence electrons.